The molecule has 0 saturated heterocycles. The average molecular weight is 471 g/mol. The van der Waals surface area contributed by atoms with Crippen LogP contribution in [0.25, 0.3) is 0 Å². The van der Waals surface area contributed by atoms with Crippen LogP contribution in [0.2, 0.25) is 5.02 Å². The Morgan fingerprint density at radius 1 is 1.18 bits per heavy atom. The third kappa shape index (κ3) is 4.96. The zero-order valence-electron chi connectivity index (χ0n) is 19.9. The van der Waals surface area contributed by atoms with Gasteiger partial charge in [0, 0.05) is 17.6 Å². The van der Waals surface area contributed by atoms with Crippen LogP contribution < -0.4 is 5.32 Å². The number of amides is 2. The zero-order valence-corrected chi connectivity index (χ0v) is 20.7. The van der Waals surface area contributed by atoms with E-state index in [4.69, 9.17) is 11.6 Å². The molecular weight excluding hydrogens is 436 g/mol. The van der Waals surface area contributed by atoms with Gasteiger partial charge in [0.05, 0.1) is 12.2 Å². The van der Waals surface area contributed by atoms with E-state index >= 15 is 0 Å². The molecule has 0 radical (unpaired) electrons. The first-order chi connectivity index (χ1) is 15.8. The van der Waals surface area contributed by atoms with Crippen molar-refractivity contribution < 1.29 is 9.59 Å². The first kappa shape index (κ1) is 23.8. The number of rotatable bonds is 5. The fourth-order valence-corrected chi connectivity index (χ4v) is 5.13. The first-order valence-electron chi connectivity index (χ1n) is 12.2. The molecule has 6 nitrogen and oxygen atoms in total. The van der Waals surface area contributed by atoms with Crippen LogP contribution in [0.15, 0.2) is 30.3 Å². The molecule has 4 rings (SSSR count). The van der Waals surface area contributed by atoms with Crippen LogP contribution in [-0.4, -0.2) is 38.1 Å². The summed E-state index contributed by atoms with van der Waals surface area (Å²) in [7, 11) is 0. The Labute approximate surface area is 201 Å². The minimum Gasteiger partial charge on any atom is -0.351 e. The summed E-state index contributed by atoms with van der Waals surface area (Å²) >= 11 is 6.44. The van der Waals surface area contributed by atoms with Crippen LogP contribution in [0.5, 0.6) is 0 Å². The molecule has 1 saturated carbocycles. The molecule has 1 N–H and O–H groups in total. The third-order valence-electron chi connectivity index (χ3n) is 7.12. The topological polar surface area (TPSA) is 67.2 Å². The molecule has 2 aliphatic rings. The van der Waals surface area contributed by atoms with Crippen LogP contribution in [0.1, 0.15) is 93.4 Å². The molecule has 0 bridgehead atoms. The summed E-state index contributed by atoms with van der Waals surface area (Å²) in [5.41, 5.74) is 1.16. The van der Waals surface area contributed by atoms with E-state index < -0.39 is 5.54 Å². The maximum absolute atomic E-state index is 13.8. The highest BCUT2D eigenvalue weighted by Crippen LogP contribution is 2.32. The molecule has 1 aromatic heterocycles. The number of nitrogens with zero attached hydrogens (tertiary/aromatic N) is 3. The fourth-order valence-electron chi connectivity index (χ4n) is 4.93. The monoisotopic (exact) mass is 470 g/mol. The van der Waals surface area contributed by atoms with Crippen molar-refractivity contribution in [3.63, 3.8) is 0 Å². The number of halogens is 1. The lowest BCUT2D eigenvalue weighted by molar-refractivity contribution is -0.134. The fraction of sp³-hybridized carbons (Fsp3) is 0.577. The van der Waals surface area contributed by atoms with Crippen molar-refractivity contribution in [3.8, 4) is 0 Å². The highest BCUT2D eigenvalue weighted by Gasteiger charge is 2.48. The first-order valence-corrected chi connectivity index (χ1v) is 12.6. The lowest BCUT2D eigenvalue weighted by Crippen LogP contribution is -2.64. The van der Waals surface area contributed by atoms with Gasteiger partial charge in [0.2, 0.25) is 5.91 Å². The molecule has 1 fully saturated rings. The van der Waals surface area contributed by atoms with Gasteiger partial charge in [-0.25, -0.2) is 0 Å². The molecule has 1 aromatic carbocycles. The van der Waals surface area contributed by atoms with Gasteiger partial charge in [-0.3, -0.25) is 14.3 Å². The summed E-state index contributed by atoms with van der Waals surface area (Å²) in [5.74, 6) is -0.0977. The Kier molecular flexibility index (Phi) is 7.13. The van der Waals surface area contributed by atoms with Crippen molar-refractivity contribution >= 4 is 23.4 Å². The van der Waals surface area contributed by atoms with E-state index in [1.165, 1.54) is 19.3 Å². The number of aromatic nitrogens is 2. The van der Waals surface area contributed by atoms with Gasteiger partial charge >= 0.3 is 0 Å². The number of carbonyl (C=O) groups excluding carboxylic acids is 2. The number of fused-ring (bicyclic) bond motifs is 1. The Balaban J connectivity index is 1.67. The van der Waals surface area contributed by atoms with Crippen LogP contribution >= 0.6 is 11.6 Å². The normalized spacial score (nSPS) is 22.1. The van der Waals surface area contributed by atoms with Crippen molar-refractivity contribution in [2.75, 3.05) is 0 Å². The smallest absolute Gasteiger partial charge is 0.273 e. The summed E-state index contributed by atoms with van der Waals surface area (Å²) in [6.45, 7) is 6.57. The van der Waals surface area contributed by atoms with E-state index in [0.717, 1.165) is 36.9 Å². The summed E-state index contributed by atoms with van der Waals surface area (Å²) in [4.78, 5) is 29.2. The van der Waals surface area contributed by atoms with Crippen LogP contribution in [0.3, 0.4) is 0 Å². The highest BCUT2D eigenvalue weighted by atomic mass is 35.5. The average Bonchev–Trinajstić information content (AvgIpc) is 3.18. The van der Waals surface area contributed by atoms with Gasteiger partial charge in [0.25, 0.3) is 5.91 Å². The van der Waals surface area contributed by atoms with E-state index in [2.05, 4.69) is 24.3 Å². The number of benzene rings is 1. The maximum atomic E-state index is 13.8. The van der Waals surface area contributed by atoms with E-state index in [0.29, 0.717) is 17.3 Å². The van der Waals surface area contributed by atoms with Gasteiger partial charge in [-0.1, -0.05) is 75.8 Å². The second-order valence-corrected chi connectivity index (χ2v) is 10.4. The minimum absolute atomic E-state index is 0.110. The van der Waals surface area contributed by atoms with E-state index in [-0.39, 0.29) is 30.3 Å². The third-order valence-corrected chi connectivity index (χ3v) is 7.49. The SMILES string of the molecule is CC(C)c1cc2n(n1)C[C@](C)(C(=O)NC1CCCCCCC1)N(Cc1ccccc1Cl)C2=O. The number of carbonyl (C=O) groups is 2. The Morgan fingerprint density at radius 2 is 1.85 bits per heavy atom. The molecule has 1 aliphatic carbocycles. The summed E-state index contributed by atoms with van der Waals surface area (Å²) in [6.07, 6.45) is 7.95. The van der Waals surface area contributed by atoms with Crippen LogP contribution in [0, 0.1) is 0 Å². The molecule has 2 heterocycles. The zero-order chi connectivity index (χ0) is 23.6. The largest absolute Gasteiger partial charge is 0.351 e. The van der Waals surface area contributed by atoms with Crippen molar-refractivity contribution in [1.82, 2.24) is 20.0 Å². The summed E-state index contributed by atoms with van der Waals surface area (Å²) < 4.78 is 1.72. The van der Waals surface area contributed by atoms with E-state index in [9.17, 15) is 9.59 Å². The van der Waals surface area contributed by atoms with E-state index in [1.54, 1.807) is 9.58 Å². The molecule has 0 spiro atoms. The molecule has 1 atom stereocenters. The standard InChI is InChI=1S/C26H35ClN4O2/c1-18(2)22-15-23-24(32)30(16-19-11-9-10-14-21(19)27)26(3,17-31(23)29-22)25(33)28-20-12-7-5-4-6-8-13-20/h9-11,14-15,18,20H,4-8,12-13,16-17H2,1-3H3,(H,28,33)/t26-/m1/s1. The number of nitrogens with one attached hydrogen (secondary N) is 1. The van der Waals surface area contributed by atoms with Crippen molar-refractivity contribution in [3.05, 3.63) is 52.3 Å². The Morgan fingerprint density at radius 3 is 2.52 bits per heavy atom. The molecule has 2 aromatic rings. The van der Waals surface area contributed by atoms with Gasteiger partial charge in [0.1, 0.15) is 11.2 Å². The molecular formula is C26H35ClN4O2. The van der Waals surface area contributed by atoms with Gasteiger partial charge in [-0.2, -0.15) is 5.10 Å². The maximum Gasteiger partial charge on any atom is 0.273 e. The highest BCUT2D eigenvalue weighted by molar-refractivity contribution is 6.31. The van der Waals surface area contributed by atoms with Gasteiger partial charge in [0.15, 0.2) is 0 Å². The molecule has 2 amide bonds. The lowest BCUT2D eigenvalue weighted by Gasteiger charge is -2.44. The molecule has 178 valence electrons. The molecule has 1 aliphatic heterocycles. The van der Waals surface area contributed by atoms with Crippen molar-refractivity contribution in [2.24, 2.45) is 0 Å². The lowest BCUT2D eigenvalue weighted by atomic mass is 9.91. The quantitative estimate of drug-likeness (QED) is 0.644. The van der Waals surface area contributed by atoms with E-state index in [1.807, 2.05) is 37.3 Å². The Bertz CT molecular complexity index is 1010. The number of hydrogen-bond donors (Lipinski definition) is 1. The van der Waals surface area contributed by atoms with Gasteiger partial charge in [-0.15, -0.1) is 0 Å². The predicted octanol–water partition coefficient (Wildman–Crippen LogP) is 5.30. The van der Waals surface area contributed by atoms with Gasteiger partial charge in [-0.05, 0) is 43.4 Å². The van der Waals surface area contributed by atoms with Gasteiger partial charge < -0.3 is 10.2 Å². The summed E-state index contributed by atoms with van der Waals surface area (Å²) in [6, 6.07) is 9.51. The van der Waals surface area contributed by atoms with Crippen molar-refractivity contribution in [1.29, 1.82) is 0 Å². The second kappa shape index (κ2) is 9.88. The van der Waals surface area contributed by atoms with Crippen molar-refractivity contribution in [2.45, 2.75) is 96.3 Å². The summed E-state index contributed by atoms with van der Waals surface area (Å²) in [5, 5.41) is 8.57. The molecule has 0 unspecified atom stereocenters. The second-order valence-electron chi connectivity index (χ2n) is 10.0. The Hall–Kier alpha value is -2.34. The van der Waals surface area contributed by atoms with Crippen LogP contribution in [0.4, 0.5) is 0 Å². The molecule has 7 heteroatoms. The van der Waals surface area contributed by atoms with Crippen LogP contribution in [-0.2, 0) is 17.9 Å². The minimum atomic E-state index is -1.06. The molecule has 33 heavy (non-hydrogen) atoms. The number of hydrogen-bond acceptors (Lipinski definition) is 3. The predicted molar refractivity (Wildman–Crippen MR) is 130 cm³/mol.